The number of nitrogens with zero attached hydrogens (tertiary/aromatic N) is 2. The molecule has 0 aliphatic carbocycles. The van der Waals surface area contributed by atoms with E-state index >= 15 is 0 Å². The minimum absolute atomic E-state index is 0.270. The number of carbonyl (C=O) groups excluding carboxylic acids is 3. The van der Waals surface area contributed by atoms with E-state index in [1.165, 1.54) is 0 Å². The molecule has 0 aromatic carbocycles. The molecule has 0 radical (unpaired) electrons. The van der Waals surface area contributed by atoms with Gasteiger partial charge < -0.3 is 29.7 Å². The van der Waals surface area contributed by atoms with Gasteiger partial charge in [0.1, 0.15) is 18.2 Å². The molecule has 1 aliphatic rings. The quantitative estimate of drug-likeness (QED) is 0.558. The maximum absolute atomic E-state index is 12.9. The minimum Gasteiger partial charge on any atom is -0.503 e. The summed E-state index contributed by atoms with van der Waals surface area (Å²) in [5.41, 5.74) is -3.12. The van der Waals surface area contributed by atoms with Gasteiger partial charge in [0.15, 0.2) is 11.4 Å². The Hall–Kier alpha value is -3.37. The molecule has 3 N–H and O–H groups in total. The molecule has 1 aromatic rings. The Balaban J connectivity index is 2.60. The van der Waals surface area contributed by atoms with Crippen molar-refractivity contribution in [3.05, 3.63) is 27.7 Å². The molecule has 11 heteroatoms. The number of hydrogen-bond acceptors (Lipinski definition) is 7. The number of carboxylic acid groups (broad SMARTS) is 1. The largest absolute Gasteiger partial charge is 0.503 e. The van der Waals surface area contributed by atoms with E-state index < -0.39 is 64.3 Å². The Morgan fingerprint density at radius 3 is 2.39 bits per heavy atom. The smallest absolute Gasteiger partial charge is 0.341 e. The summed E-state index contributed by atoms with van der Waals surface area (Å²) in [5, 5.41) is 21.9. The molecule has 152 valence electrons. The molecule has 0 spiro atoms. The monoisotopic (exact) mass is 395 g/mol. The standard InChI is InChI=1S/C17H21N3O8/c1-17(2,3)18-14(24)9-6-19-5-8(16(26)27)12(22)13(23)11(19)15(25)20(9)7-10(21)28-4/h5,9,23H,6-7H2,1-4H3,(H,18,24)(H,26,27). The van der Waals surface area contributed by atoms with Crippen LogP contribution in [0.2, 0.25) is 0 Å². The Labute approximate surface area is 159 Å². The van der Waals surface area contributed by atoms with E-state index in [2.05, 4.69) is 10.1 Å². The van der Waals surface area contributed by atoms with E-state index in [-0.39, 0.29) is 6.54 Å². The van der Waals surface area contributed by atoms with Crippen LogP contribution in [0.25, 0.3) is 0 Å². The molecule has 0 bridgehead atoms. The Bertz CT molecular complexity index is 912. The predicted octanol–water partition coefficient (Wildman–Crippen LogP) is -0.836. The fourth-order valence-electron chi connectivity index (χ4n) is 2.80. The summed E-state index contributed by atoms with van der Waals surface area (Å²) in [6.07, 6.45) is 0.893. The zero-order valence-electron chi connectivity index (χ0n) is 15.8. The highest BCUT2D eigenvalue weighted by Crippen LogP contribution is 2.24. The number of carboxylic acids is 1. The summed E-state index contributed by atoms with van der Waals surface area (Å²) < 4.78 is 5.58. The van der Waals surface area contributed by atoms with Gasteiger partial charge >= 0.3 is 11.9 Å². The molecule has 28 heavy (non-hydrogen) atoms. The first-order valence-corrected chi connectivity index (χ1v) is 8.27. The average Bonchev–Trinajstić information content (AvgIpc) is 2.57. The molecule has 1 atom stereocenters. The van der Waals surface area contributed by atoms with Crippen LogP contribution in [-0.2, 0) is 20.9 Å². The summed E-state index contributed by atoms with van der Waals surface area (Å²) in [4.78, 5) is 61.5. The summed E-state index contributed by atoms with van der Waals surface area (Å²) in [6, 6.07) is -1.19. The zero-order valence-corrected chi connectivity index (χ0v) is 15.8. The van der Waals surface area contributed by atoms with Crippen molar-refractivity contribution in [1.82, 2.24) is 14.8 Å². The van der Waals surface area contributed by atoms with E-state index in [1.54, 1.807) is 20.8 Å². The van der Waals surface area contributed by atoms with E-state index in [1.807, 2.05) is 0 Å². The number of aromatic nitrogens is 1. The first-order valence-electron chi connectivity index (χ1n) is 8.27. The van der Waals surface area contributed by atoms with Crippen LogP contribution in [0.1, 0.15) is 41.6 Å². The third-order valence-electron chi connectivity index (χ3n) is 4.02. The molecule has 11 nitrogen and oxygen atoms in total. The number of methoxy groups -OCH3 is 1. The lowest BCUT2D eigenvalue weighted by Gasteiger charge is -2.37. The van der Waals surface area contributed by atoms with Crippen molar-refractivity contribution >= 4 is 23.8 Å². The van der Waals surface area contributed by atoms with Crippen molar-refractivity contribution < 1.29 is 34.1 Å². The van der Waals surface area contributed by atoms with Crippen LogP contribution in [0, 0.1) is 0 Å². The molecule has 2 rings (SSSR count). The topological polar surface area (TPSA) is 155 Å². The number of fused-ring (bicyclic) bond motifs is 1. The van der Waals surface area contributed by atoms with Crippen molar-refractivity contribution in [2.75, 3.05) is 13.7 Å². The highest BCUT2D eigenvalue weighted by molar-refractivity contribution is 6.02. The molecule has 0 saturated heterocycles. The maximum atomic E-state index is 12.9. The van der Waals surface area contributed by atoms with Crippen LogP contribution >= 0.6 is 0 Å². The number of esters is 1. The highest BCUT2D eigenvalue weighted by atomic mass is 16.5. The van der Waals surface area contributed by atoms with Crippen LogP contribution in [0.5, 0.6) is 5.75 Å². The maximum Gasteiger partial charge on any atom is 0.341 e. The number of rotatable bonds is 4. The lowest BCUT2D eigenvalue weighted by atomic mass is 10.0. The Morgan fingerprint density at radius 2 is 1.89 bits per heavy atom. The fraction of sp³-hybridized carbons (Fsp3) is 0.471. The third-order valence-corrected chi connectivity index (χ3v) is 4.02. The predicted molar refractivity (Wildman–Crippen MR) is 94.1 cm³/mol. The van der Waals surface area contributed by atoms with Crippen LogP contribution in [0.15, 0.2) is 11.0 Å². The third kappa shape index (κ3) is 3.97. The van der Waals surface area contributed by atoms with Gasteiger partial charge in [-0.05, 0) is 20.8 Å². The Morgan fingerprint density at radius 1 is 1.29 bits per heavy atom. The molecule has 0 fully saturated rings. The summed E-state index contributed by atoms with van der Waals surface area (Å²) >= 11 is 0. The number of pyridine rings is 1. The van der Waals surface area contributed by atoms with Crippen molar-refractivity contribution in [3.63, 3.8) is 0 Å². The summed E-state index contributed by atoms with van der Waals surface area (Å²) in [5.74, 6) is -5.02. The van der Waals surface area contributed by atoms with Gasteiger partial charge in [-0.1, -0.05) is 0 Å². The molecule has 2 amide bonds. The second-order valence-electron chi connectivity index (χ2n) is 7.29. The molecular formula is C17H21N3O8. The average molecular weight is 395 g/mol. The highest BCUT2D eigenvalue weighted by Gasteiger charge is 2.41. The van der Waals surface area contributed by atoms with Crippen LogP contribution < -0.4 is 10.7 Å². The van der Waals surface area contributed by atoms with Gasteiger partial charge in [-0.25, -0.2) is 4.79 Å². The van der Waals surface area contributed by atoms with Crippen LogP contribution in [-0.4, -0.2) is 68.7 Å². The van der Waals surface area contributed by atoms with Gasteiger partial charge in [-0.3, -0.25) is 19.2 Å². The van der Waals surface area contributed by atoms with Crippen LogP contribution in [0.4, 0.5) is 0 Å². The molecule has 2 heterocycles. The van der Waals surface area contributed by atoms with Gasteiger partial charge in [-0.15, -0.1) is 0 Å². The van der Waals surface area contributed by atoms with E-state index in [4.69, 9.17) is 5.11 Å². The lowest BCUT2D eigenvalue weighted by molar-refractivity contribution is -0.143. The van der Waals surface area contributed by atoms with Gasteiger partial charge in [-0.2, -0.15) is 0 Å². The van der Waals surface area contributed by atoms with Gasteiger partial charge in [0.2, 0.25) is 11.3 Å². The number of amides is 2. The van der Waals surface area contributed by atoms with E-state index in [0.29, 0.717) is 0 Å². The number of hydrogen-bond donors (Lipinski definition) is 3. The van der Waals surface area contributed by atoms with Gasteiger partial charge in [0, 0.05) is 11.7 Å². The Kier molecular flexibility index (Phi) is 5.48. The van der Waals surface area contributed by atoms with E-state index in [9.17, 15) is 29.1 Å². The normalized spacial score (nSPS) is 16.4. The van der Waals surface area contributed by atoms with Crippen molar-refractivity contribution in [3.8, 4) is 5.75 Å². The van der Waals surface area contributed by atoms with Gasteiger partial charge in [0.25, 0.3) is 5.91 Å². The number of aromatic carboxylic acids is 1. The van der Waals surface area contributed by atoms with Crippen molar-refractivity contribution in [2.24, 2.45) is 0 Å². The summed E-state index contributed by atoms with van der Waals surface area (Å²) in [6.45, 7) is 4.30. The van der Waals surface area contributed by atoms with Crippen LogP contribution in [0.3, 0.4) is 0 Å². The summed E-state index contributed by atoms with van der Waals surface area (Å²) in [7, 11) is 1.11. The molecule has 1 unspecified atom stereocenters. The molecular weight excluding hydrogens is 374 g/mol. The second kappa shape index (κ2) is 7.33. The number of nitrogens with one attached hydrogen (secondary N) is 1. The number of aromatic hydroxyl groups is 1. The first-order chi connectivity index (χ1) is 12.9. The zero-order chi connectivity index (χ0) is 21.4. The number of carbonyl (C=O) groups is 4. The lowest BCUT2D eigenvalue weighted by Crippen LogP contribution is -2.59. The molecule has 1 aliphatic heterocycles. The van der Waals surface area contributed by atoms with Crippen molar-refractivity contribution in [1.29, 1.82) is 0 Å². The fourth-order valence-corrected chi connectivity index (χ4v) is 2.80. The van der Waals surface area contributed by atoms with Crippen molar-refractivity contribution in [2.45, 2.75) is 38.9 Å². The molecule has 1 aromatic heterocycles. The number of ether oxygens (including phenoxy) is 1. The van der Waals surface area contributed by atoms with E-state index in [0.717, 1.165) is 22.8 Å². The minimum atomic E-state index is -1.59. The second-order valence-corrected chi connectivity index (χ2v) is 7.29. The van der Waals surface area contributed by atoms with Gasteiger partial charge in [0.05, 0.1) is 13.7 Å². The first kappa shape index (κ1) is 20.9. The SMILES string of the molecule is COC(=O)CN1C(=O)c2c(O)c(=O)c(C(=O)O)cn2CC1C(=O)NC(C)(C)C. The molecule has 0 saturated carbocycles.